The average molecular weight is 495 g/mol. The average Bonchev–Trinajstić information content (AvgIpc) is 3.23. The van der Waals surface area contributed by atoms with Crippen LogP contribution >= 0.6 is 0 Å². The molecule has 0 saturated carbocycles. The number of rotatable bonds is 3. The second-order valence-corrected chi connectivity index (χ2v) is 8.84. The van der Waals surface area contributed by atoms with Gasteiger partial charge in [0.15, 0.2) is 5.82 Å². The highest BCUT2D eigenvalue weighted by atomic mass is 16.1. The van der Waals surface area contributed by atoms with Crippen LogP contribution in [0.3, 0.4) is 0 Å². The number of benzene rings is 2. The van der Waals surface area contributed by atoms with E-state index in [4.69, 9.17) is 11.5 Å². The molecule has 1 aliphatic rings. The third kappa shape index (κ3) is 5.26. The molecule has 5 rings (SSSR count). The van der Waals surface area contributed by atoms with Crippen LogP contribution in [0.2, 0.25) is 0 Å². The highest BCUT2D eigenvalue weighted by Crippen LogP contribution is 2.23. The van der Waals surface area contributed by atoms with Crippen molar-refractivity contribution < 1.29 is 4.79 Å². The number of nitrogens with one attached hydrogen (secondary N) is 1. The van der Waals surface area contributed by atoms with Crippen molar-refractivity contribution in [3.8, 4) is 17.5 Å². The van der Waals surface area contributed by atoms with Crippen LogP contribution in [-0.4, -0.2) is 26.8 Å². The molecule has 2 aromatic heterocycles. The molecule has 0 aliphatic carbocycles. The summed E-state index contributed by atoms with van der Waals surface area (Å²) >= 11 is 0. The lowest BCUT2D eigenvalue weighted by atomic mass is 10.0. The predicted molar refractivity (Wildman–Crippen MR) is 150 cm³/mol. The smallest absolute Gasteiger partial charge is 0.264 e. The fraction of sp³-hybridized carbons (Fsp3) is 0.207. The Morgan fingerprint density at radius 2 is 1.92 bits per heavy atom. The van der Waals surface area contributed by atoms with Crippen LogP contribution in [0, 0.1) is 17.8 Å². The first-order chi connectivity index (χ1) is 17.8. The zero-order chi connectivity index (χ0) is 26.5. The summed E-state index contributed by atoms with van der Waals surface area (Å²) in [4.78, 5) is 24.2. The molecule has 1 aliphatic heterocycles. The molecule has 5 N–H and O–H groups in total. The number of carbonyl (C=O) groups excluding carboxylic acids is 1. The molecular formula is C29H30N6O2. The lowest BCUT2D eigenvalue weighted by molar-refractivity contribution is 0.100. The van der Waals surface area contributed by atoms with E-state index in [2.05, 4.69) is 49.1 Å². The molecule has 0 fully saturated rings. The van der Waals surface area contributed by atoms with Crippen LogP contribution in [0.15, 0.2) is 65.5 Å². The molecular weight excluding hydrogens is 464 g/mol. The number of aromatic nitrogens is 3. The zero-order valence-electron chi connectivity index (χ0n) is 21.2. The first-order valence-electron chi connectivity index (χ1n) is 12.1. The van der Waals surface area contributed by atoms with E-state index in [1.165, 1.54) is 4.68 Å². The minimum Gasteiger partial charge on any atom is -0.381 e. The second kappa shape index (κ2) is 10.9. The van der Waals surface area contributed by atoms with Gasteiger partial charge in [-0.2, -0.15) is 0 Å². The Balaban J connectivity index is 0.000000207. The Bertz CT molecular complexity index is 1600. The minimum atomic E-state index is -0.568. The summed E-state index contributed by atoms with van der Waals surface area (Å²) in [5.74, 6) is 6.77. The molecule has 0 saturated heterocycles. The third-order valence-electron chi connectivity index (χ3n) is 5.81. The number of hydrogen-bond acceptors (Lipinski definition) is 5. The number of para-hydroxylation sites is 1. The molecule has 0 radical (unpaired) electrons. The van der Waals surface area contributed by atoms with E-state index in [0.717, 1.165) is 28.8 Å². The molecule has 4 aromatic rings. The zero-order valence-corrected chi connectivity index (χ0v) is 21.2. The van der Waals surface area contributed by atoms with E-state index >= 15 is 0 Å². The van der Waals surface area contributed by atoms with Gasteiger partial charge in [-0.1, -0.05) is 62.9 Å². The van der Waals surface area contributed by atoms with Gasteiger partial charge >= 0.3 is 0 Å². The maximum atomic E-state index is 13.3. The van der Waals surface area contributed by atoms with Gasteiger partial charge < -0.3 is 16.8 Å². The number of carbonyl (C=O) groups is 1. The van der Waals surface area contributed by atoms with Gasteiger partial charge in [-0.15, -0.1) is 5.10 Å². The van der Waals surface area contributed by atoms with Crippen molar-refractivity contribution in [3.63, 3.8) is 0 Å². The lowest BCUT2D eigenvalue weighted by Crippen LogP contribution is -2.22. The highest BCUT2D eigenvalue weighted by molar-refractivity contribution is 6.02. The van der Waals surface area contributed by atoms with Gasteiger partial charge in [0.05, 0.1) is 5.39 Å². The van der Waals surface area contributed by atoms with Crippen LogP contribution in [-0.2, 0) is 6.42 Å². The summed E-state index contributed by atoms with van der Waals surface area (Å²) in [5, 5.41) is 8.54. The normalized spacial score (nSPS) is 11.7. The predicted octanol–water partition coefficient (Wildman–Crippen LogP) is 4.02. The van der Waals surface area contributed by atoms with Crippen LogP contribution in [0.4, 0.5) is 11.6 Å². The summed E-state index contributed by atoms with van der Waals surface area (Å²) in [7, 11) is 0. The topological polar surface area (TPSA) is 121 Å². The quantitative estimate of drug-likeness (QED) is 0.372. The molecule has 1 amide bonds. The molecule has 0 spiro atoms. The summed E-state index contributed by atoms with van der Waals surface area (Å²) in [6.45, 7) is 6.82. The third-order valence-corrected chi connectivity index (χ3v) is 5.81. The van der Waals surface area contributed by atoms with Crippen LogP contribution in [0.25, 0.3) is 22.7 Å². The van der Waals surface area contributed by atoms with Crippen molar-refractivity contribution in [1.82, 2.24) is 14.3 Å². The number of pyridine rings is 1. The SMILES string of the molecule is CCc1cc2cccc(C#CC(C)C)c2c(=O)n1-c1ccccc1.NC(=O)c1c(N)nn2c1NCC=C2. The Labute approximate surface area is 215 Å². The van der Waals surface area contributed by atoms with Gasteiger partial charge in [0.25, 0.3) is 11.5 Å². The molecule has 0 bridgehead atoms. The van der Waals surface area contributed by atoms with E-state index in [9.17, 15) is 9.59 Å². The van der Waals surface area contributed by atoms with Crippen molar-refractivity contribution in [2.75, 3.05) is 17.6 Å². The van der Waals surface area contributed by atoms with Crippen LogP contribution in [0.1, 0.15) is 42.4 Å². The summed E-state index contributed by atoms with van der Waals surface area (Å²) in [6.07, 6.45) is 4.39. The number of nitrogens with two attached hydrogens (primary N) is 2. The van der Waals surface area contributed by atoms with Gasteiger partial charge in [0.2, 0.25) is 0 Å². The van der Waals surface area contributed by atoms with Crippen LogP contribution < -0.4 is 22.3 Å². The molecule has 2 aromatic carbocycles. The first kappa shape index (κ1) is 25.3. The van der Waals surface area contributed by atoms with E-state index in [-0.39, 0.29) is 22.9 Å². The van der Waals surface area contributed by atoms with Gasteiger partial charge in [-0.05, 0) is 42.1 Å². The van der Waals surface area contributed by atoms with Gasteiger partial charge in [0, 0.05) is 35.6 Å². The standard InChI is InChI=1S/C22H21NO.C7H9N5O/c1-4-19-15-18-10-8-9-17(14-13-16(2)3)21(18)22(24)23(19)20-11-6-5-7-12-20;8-5-4(6(9)13)7-10-2-1-3-12(7)11-5/h5-12,15-16H,4H2,1-3H3;1,3,10H,2H2,(H2,8,11)(H2,9,13). The van der Waals surface area contributed by atoms with Crippen molar-refractivity contribution in [3.05, 3.63) is 87.8 Å². The Morgan fingerprint density at radius 1 is 1.16 bits per heavy atom. The number of anilines is 2. The lowest BCUT2D eigenvalue weighted by Gasteiger charge is -2.14. The number of amides is 1. The fourth-order valence-corrected chi connectivity index (χ4v) is 4.14. The summed E-state index contributed by atoms with van der Waals surface area (Å²) < 4.78 is 3.31. The summed E-state index contributed by atoms with van der Waals surface area (Å²) in [6, 6.07) is 17.8. The van der Waals surface area contributed by atoms with Crippen molar-refractivity contribution in [2.45, 2.75) is 27.2 Å². The maximum absolute atomic E-state index is 13.3. The highest BCUT2D eigenvalue weighted by Gasteiger charge is 2.20. The number of primary amides is 1. The van der Waals surface area contributed by atoms with Crippen LogP contribution in [0.5, 0.6) is 0 Å². The molecule has 188 valence electrons. The Morgan fingerprint density at radius 3 is 2.59 bits per heavy atom. The van der Waals surface area contributed by atoms with Gasteiger partial charge in [-0.25, -0.2) is 4.68 Å². The molecule has 0 unspecified atom stereocenters. The van der Waals surface area contributed by atoms with E-state index in [1.54, 1.807) is 6.20 Å². The fourth-order valence-electron chi connectivity index (χ4n) is 4.14. The van der Waals surface area contributed by atoms with Crippen molar-refractivity contribution in [1.29, 1.82) is 0 Å². The maximum Gasteiger partial charge on any atom is 0.264 e. The number of fused-ring (bicyclic) bond motifs is 2. The molecule has 37 heavy (non-hydrogen) atoms. The Kier molecular flexibility index (Phi) is 7.44. The number of nitrogens with zero attached hydrogens (tertiary/aromatic N) is 3. The molecule has 3 heterocycles. The molecule has 0 atom stereocenters. The largest absolute Gasteiger partial charge is 0.381 e. The molecule has 8 nitrogen and oxygen atoms in total. The second-order valence-electron chi connectivity index (χ2n) is 8.84. The van der Waals surface area contributed by atoms with Gasteiger partial charge in [-0.3, -0.25) is 14.2 Å². The van der Waals surface area contributed by atoms with E-state index in [1.807, 2.05) is 59.2 Å². The number of aryl methyl sites for hydroxylation is 1. The summed E-state index contributed by atoms with van der Waals surface area (Å²) in [5.41, 5.74) is 13.6. The van der Waals surface area contributed by atoms with Crippen molar-refractivity contribution in [2.24, 2.45) is 11.7 Å². The monoisotopic (exact) mass is 494 g/mol. The number of hydrogen-bond donors (Lipinski definition) is 3. The number of nitrogen functional groups attached to an aromatic ring is 1. The Hall–Kier alpha value is -4.77. The minimum absolute atomic E-state index is 0.00389. The molecule has 8 heteroatoms. The first-order valence-corrected chi connectivity index (χ1v) is 12.1. The van der Waals surface area contributed by atoms with E-state index < -0.39 is 5.91 Å². The van der Waals surface area contributed by atoms with Gasteiger partial charge in [0.1, 0.15) is 11.4 Å². The van der Waals surface area contributed by atoms with Crippen molar-refractivity contribution >= 4 is 34.5 Å². The van der Waals surface area contributed by atoms with E-state index in [0.29, 0.717) is 17.7 Å².